The second kappa shape index (κ2) is 8.59. The van der Waals surface area contributed by atoms with Gasteiger partial charge in [0.25, 0.3) is 5.91 Å². The van der Waals surface area contributed by atoms with Crippen molar-refractivity contribution in [1.82, 2.24) is 15.6 Å². The predicted octanol–water partition coefficient (Wildman–Crippen LogP) is 2.53. The van der Waals surface area contributed by atoms with Crippen LogP contribution in [0.4, 0.5) is 0 Å². The molecule has 2 unspecified atom stereocenters. The molecule has 3 rings (SSSR count). The van der Waals surface area contributed by atoms with Crippen LogP contribution in [0.1, 0.15) is 45.1 Å². The molecule has 0 saturated carbocycles. The van der Waals surface area contributed by atoms with E-state index in [0.717, 1.165) is 19.4 Å². The van der Waals surface area contributed by atoms with Gasteiger partial charge in [-0.15, -0.1) is 0 Å². The first-order valence-corrected chi connectivity index (χ1v) is 9.47. The summed E-state index contributed by atoms with van der Waals surface area (Å²) < 4.78 is 0. The van der Waals surface area contributed by atoms with Crippen LogP contribution < -0.4 is 10.7 Å². The van der Waals surface area contributed by atoms with Crippen LogP contribution in [0.3, 0.4) is 0 Å². The van der Waals surface area contributed by atoms with Gasteiger partial charge in [-0.3, -0.25) is 9.69 Å². The molecule has 2 atom stereocenters. The van der Waals surface area contributed by atoms with Crippen molar-refractivity contribution < 1.29 is 4.79 Å². The molecule has 2 saturated heterocycles. The van der Waals surface area contributed by atoms with E-state index in [0.29, 0.717) is 30.6 Å². The number of benzene rings is 1. The zero-order chi connectivity index (χ0) is 17.6. The second-order valence-electron chi connectivity index (χ2n) is 7.65. The molecule has 25 heavy (non-hydrogen) atoms. The van der Waals surface area contributed by atoms with E-state index in [1.807, 2.05) is 13.8 Å². The standard InChI is InChI=1S/C20H30N4O/c1-15(2)12-22-23-20(25)13-21-17-10-18-8-9-19(11-17)24(18)14-16-6-4-3-5-7-16/h3-7,12,15,17-19,21H,8-11,13-14H2,1-2H3,(H,23,25). The van der Waals surface area contributed by atoms with Crippen molar-refractivity contribution in [3.05, 3.63) is 35.9 Å². The van der Waals surface area contributed by atoms with Gasteiger partial charge in [0, 0.05) is 30.9 Å². The number of piperidine rings is 1. The van der Waals surface area contributed by atoms with Crippen molar-refractivity contribution in [2.75, 3.05) is 6.54 Å². The van der Waals surface area contributed by atoms with E-state index in [4.69, 9.17) is 0 Å². The predicted molar refractivity (Wildman–Crippen MR) is 101 cm³/mol. The van der Waals surface area contributed by atoms with E-state index in [1.54, 1.807) is 6.21 Å². The van der Waals surface area contributed by atoms with Crippen molar-refractivity contribution >= 4 is 12.1 Å². The molecule has 2 aliphatic heterocycles. The summed E-state index contributed by atoms with van der Waals surface area (Å²) in [6.45, 7) is 5.46. The molecule has 1 aromatic carbocycles. The molecular weight excluding hydrogens is 312 g/mol. The number of nitrogens with one attached hydrogen (secondary N) is 2. The minimum Gasteiger partial charge on any atom is -0.305 e. The van der Waals surface area contributed by atoms with Gasteiger partial charge in [-0.25, -0.2) is 5.43 Å². The van der Waals surface area contributed by atoms with Crippen LogP contribution in [0.25, 0.3) is 0 Å². The fraction of sp³-hybridized carbons (Fsp3) is 0.600. The average Bonchev–Trinajstić information content (AvgIpc) is 2.82. The lowest BCUT2D eigenvalue weighted by Crippen LogP contribution is -2.50. The summed E-state index contributed by atoms with van der Waals surface area (Å²) in [7, 11) is 0. The van der Waals surface area contributed by atoms with E-state index in [-0.39, 0.29) is 5.91 Å². The lowest BCUT2D eigenvalue weighted by atomic mass is 9.96. The summed E-state index contributed by atoms with van der Waals surface area (Å²) in [4.78, 5) is 14.5. The van der Waals surface area contributed by atoms with Crippen molar-refractivity contribution in [1.29, 1.82) is 0 Å². The quantitative estimate of drug-likeness (QED) is 0.591. The van der Waals surface area contributed by atoms with E-state index in [1.165, 1.54) is 18.4 Å². The molecule has 136 valence electrons. The van der Waals surface area contributed by atoms with Crippen molar-refractivity contribution in [2.24, 2.45) is 11.0 Å². The van der Waals surface area contributed by atoms with Crippen molar-refractivity contribution in [3.8, 4) is 0 Å². The molecule has 2 N–H and O–H groups in total. The first-order chi connectivity index (χ1) is 12.1. The first kappa shape index (κ1) is 18.1. The Morgan fingerprint density at radius 2 is 1.92 bits per heavy atom. The zero-order valence-corrected chi connectivity index (χ0v) is 15.3. The minimum atomic E-state index is -0.0593. The summed E-state index contributed by atoms with van der Waals surface area (Å²) in [6, 6.07) is 12.4. The Labute approximate surface area is 150 Å². The van der Waals surface area contributed by atoms with Gasteiger partial charge in [-0.2, -0.15) is 5.10 Å². The largest absolute Gasteiger partial charge is 0.305 e. The van der Waals surface area contributed by atoms with Gasteiger partial charge in [0.2, 0.25) is 0 Å². The number of hydrogen-bond acceptors (Lipinski definition) is 4. The Bertz CT molecular complexity index is 573. The molecular formula is C20H30N4O. The SMILES string of the molecule is CC(C)C=NNC(=O)CNC1CC2CCC(C1)N2Cc1ccccc1. The number of hydrazone groups is 1. The fourth-order valence-electron chi connectivity index (χ4n) is 4.03. The van der Waals surface area contributed by atoms with Gasteiger partial charge >= 0.3 is 0 Å². The van der Waals surface area contributed by atoms with Gasteiger partial charge in [0.05, 0.1) is 6.54 Å². The van der Waals surface area contributed by atoms with E-state index >= 15 is 0 Å². The van der Waals surface area contributed by atoms with Gasteiger partial charge < -0.3 is 5.32 Å². The highest BCUT2D eigenvalue weighted by atomic mass is 16.2. The molecule has 0 aliphatic carbocycles. The van der Waals surface area contributed by atoms with Crippen LogP contribution in [0.2, 0.25) is 0 Å². The van der Waals surface area contributed by atoms with E-state index in [2.05, 4.69) is 51.1 Å². The molecule has 2 bridgehead atoms. The molecule has 2 heterocycles. The van der Waals surface area contributed by atoms with Crippen LogP contribution in [-0.4, -0.2) is 41.7 Å². The lowest BCUT2D eigenvalue weighted by molar-refractivity contribution is -0.120. The maximum atomic E-state index is 11.9. The minimum absolute atomic E-state index is 0.0593. The number of carbonyl (C=O) groups excluding carboxylic acids is 1. The van der Waals surface area contributed by atoms with Crippen molar-refractivity contribution in [2.45, 2.75) is 64.2 Å². The number of fused-ring (bicyclic) bond motifs is 2. The maximum absolute atomic E-state index is 11.9. The molecule has 5 heteroatoms. The summed E-state index contributed by atoms with van der Waals surface area (Å²) in [6.07, 6.45) is 6.57. The molecule has 2 aliphatic rings. The number of amides is 1. The smallest absolute Gasteiger partial charge is 0.254 e. The van der Waals surface area contributed by atoms with Gasteiger partial charge in [0.15, 0.2) is 0 Å². The summed E-state index contributed by atoms with van der Waals surface area (Å²) in [5.74, 6) is 0.286. The summed E-state index contributed by atoms with van der Waals surface area (Å²) >= 11 is 0. The monoisotopic (exact) mass is 342 g/mol. The molecule has 0 radical (unpaired) electrons. The Kier molecular flexibility index (Phi) is 6.21. The van der Waals surface area contributed by atoms with Crippen LogP contribution in [0.5, 0.6) is 0 Å². The van der Waals surface area contributed by atoms with Crippen LogP contribution >= 0.6 is 0 Å². The number of hydrogen-bond donors (Lipinski definition) is 2. The second-order valence-corrected chi connectivity index (χ2v) is 7.65. The molecule has 0 spiro atoms. The van der Waals surface area contributed by atoms with Crippen LogP contribution in [-0.2, 0) is 11.3 Å². The van der Waals surface area contributed by atoms with Gasteiger partial charge in [-0.05, 0) is 37.2 Å². The Hall–Kier alpha value is -1.72. The fourth-order valence-corrected chi connectivity index (χ4v) is 4.03. The maximum Gasteiger partial charge on any atom is 0.254 e. The molecule has 1 amide bonds. The van der Waals surface area contributed by atoms with E-state index in [9.17, 15) is 4.79 Å². The Morgan fingerprint density at radius 1 is 1.24 bits per heavy atom. The molecule has 5 nitrogen and oxygen atoms in total. The summed E-state index contributed by atoms with van der Waals surface area (Å²) in [5, 5.41) is 7.40. The normalized spacial score (nSPS) is 26.4. The Morgan fingerprint density at radius 3 is 2.56 bits per heavy atom. The van der Waals surface area contributed by atoms with Gasteiger partial charge in [-0.1, -0.05) is 44.2 Å². The van der Waals surface area contributed by atoms with Crippen LogP contribution in [0, 0.1) is 5.92 Å². The van der Waals surface area contributed by atoms with E-state index < -0.39 is 0 Å². The van der Waals surface area contributed by atoms with Crippen molar-refractivity contribution in [3.63, 3.8) is 0 Å². The van der Waals surface area contributed by atoms with Crippen LogP contribution in [0.15, 0.2) is 35.4 Å². The Balaban J connectivity index is 1.45. The zero-order valence-electron chi connectivity index (χ0n) is 15.3. The first-order valence-electron chi connectivity index (χ1n) is 9.47. The molecule has 0 aromatic heterocycles. The third kappa shape index (κ3) is 5.13. The highest BCUT2D eigenvalue weighted by Gasteiger charge is 2.40. The highest BCUT2D eigenvalue weighted by Crippen LogP contribution is 2.36. The molecule has 1 aromatic rings. The number of rotatable bonds is 7. The van der Waals surface area contributed by atoms with Gasteiger partial charge in [0.1, 0.15) is 0 Å². The topological polar surface area (TPSA) is 56.7 Å². The highest BCUT2D eigenvalue weighted by molar-refractivity contribution is 5.78. The third-order valence-corrected chi connectivity index (χ3v) is 5.21. The lowest BCUT2D eigenvalue weighted by Gasteiger charge is -2.39. The number of nitrogens with zero attached hydrogens (tertiary/aromatic N) is 2. The molecule has 2 fully saturated rings. The number of carbonyl (C=O) groups is 1. The third-order valence-electron chi connectivity index (χ3n) is 5.21. The average molecular weight is 342 g/mol. The summed E-state index contributed by atoms with van der Waals surface area (Å²) in [5.41, 5.74) is 3.99.